The number of hydrogen-bond donors (Lipinski definition) is 0. The molecule has 1 unspecified atom stereocenters. The van der Waals surface area contributed by atoms with E-state index in [4.69, 9.17) is 4.74 Å². The highest BCUT2D eigenvalue weighted by Crippen LogP contribution is 2.43. The molecule has 0 N–H and O–H groups in total. The Morgan fingerprint density at radius 1 is 0.895 bits per heavy atom. The second-order valence-electron chi connectivity index (χ2n) is 4.74. The summed E-state index contributed by atoms with van der Waals surface area (Å²) >= 11 is 0. The van der Waals surface area contributed by atoms with Crippen LogP contribution in [0.5, 0.6) is 0 Å². The van der Waals surface area contributed by atoms with Crippen LogP contribution in [0.3, 0.4) is 0 Å². The van der Waals surface area contributed by atoms with Gasteiger partial charge in [0, 0.05) is 11.6 Å². The summed E-state index contributed by atoms with van der Waals surface area (Å²) in [5.41, 5.74) is 2.19. The summed E-state index contributed by atoms with van der Waals surface area (Å²) in [7, 11) is 0. The van der Waals surface area contributed by atoms with Gasteiger partial charge in [0.1, 0.15) is 0 Å². The monoisotopic (exact) mass is 250 g/mol. The van der Waals surface area contributed by atoms with E-state index in [1.54, 1.807) is 6.08 Å². The fraction of sp³-hybridized carbons (Fsp3) is 0.118. The Labute approximate surface area is 112 Å². The smallest absolute Gasteiger partial charge is 0.332 e. The van der Waals surface area contributed by atoms with Gasteiger partial charge in [-0.3, -0.25) is 0 Å². The molecule has 0 radical (unpaired) electrons. The van der Waals surface area contributed by atoms with Crippen molar-refractivity contribution in [3.8, 4) is 0 Å². The summed E-state index contributed by atoms with van der Waals surface area (Å²) in [6.45, 7) is 1.94. The normalized spacial score (nSPS) is 21.9. The number of carbonyl (C=O) groups is 1. The molecule has 2 aromatic rings. The Bertz CT molecular complexity index is 629. The average molecular weight is 250 g/mol. The summed E-state index contributed by atoms with van der Waals surface area (Å²) in [4.78, 5) is 11.7. The summed E-state index contributed by atoms with van der Waals surface area (Å²) < 4.78 is 5.57. The van der Waals surface area contributed by atoms with Gasteiger partial charge < -0.3 is 4.74 Å². The first-order valence-corrected chi connectivity index (χ1v) is 6.26. The van der Waals surface area contributed by atoms with E-state index in [0.717, 1.165) is 16.7 Å². The fourth-order valence-corrected chi connectivity index (χ4v) is 2.49. The molecule has 0 fully saturated rings. The highest BCUT2D eigenvalue weighted by Gasteiger charge is 2.40. The molecule has 0 saturated carbocycles. The second-order valence-corrected chi connectivity index (χ2v) is 4.74. The van der Waals surface area contributed by atoms with Gasteiger partial charge in [-0.15, -0.1) is 0 Å². The zero-order valence-electron chi connectivity index (χ0n) is 10.7. The molecule has 2 aromatic carbocycles. The highest BCUT2D eigenvalue weighted by molar-refractivity contribution is 5.99. The van der Waals surface area contributed by atoms with Gasteiger partial charge in [-0.05, 0) is 18.1 Å². The van der Waals surface area contributed by atoms with Crippen molar-refractivity contribution in [1.29, 1.82) is 0 Å². The molecule has 3 rings (SSSR count). The predicted octanol–water partition coefficient (Wildman–Crippen LogP) is 3.54. The van der Waals surface area contributed by atoms with E-state index >= 15 is 0 Å². The minimum absolute atomic E-state index is 0.287. The van der Waals surface area contributed by atoms with E-state index in [1.807, 2.05) is 67.6 Å². The van der Waals surface area contributed by atoms with E-state index in [9.17, 15) is 4.79 Å². The van der Waals surface area contributed by atoms with Gasteiger partial charge in [0.25, 0.3) is 0 Å². The fourth-order valence-electron chi connectivity index (χ4n) is 2.49. The number of ether oxygens (including phenoxy) is 1. The first kappa shape index (κ1) is 11.7. The van der Waals surface area contributed by atoms with Crippen LogP contribution in [0.2, 0.25) is 0 Å². The van der Waals surface area contributed by atoms with E-state index in [1.165, 1.54) is 0 Å². The lowest BCUT2D eigenvalue weighted by Gasteiger charge is -2.27. The molecule has 19 heavy (non-hydrogen) atoms. The van der Waals surface area contributed by atoms with Gasteiger partial charge >= 0.3 is 5.97 Å². The molecule has 0 aliphatic carbocycles. The van der Waals surface area contributed by atoms with Crippen molar-refractivity contribution in [3.63, 3.8) is 0 Å². The van der Waals surface area contributed by atoms with Crippen molar-refractivity contribution >= 4 is 11.5 Å². The summed E-state index contributed by atoms with van der Waals surface area (Å²) in [5, 5.41) is 0. The molecule has 0 saturated heterocycles. The zero-order chi connectivity index (χ0) is 13.3. The quantitative estimate of drug-likeness (QED) is 0.762. The maximum absolute atomic E-state index is 11.7. The number of rotatable bonds is 2. The van der Waals surface area contributed by atoms with Gasteiger partial charge in [0.2, 0.25) is 0 Å². The minimum Gasteiger partial charge on any atom is -0.446 e. The first-order chi connectivity index (χ1) is 9.20. The van der Waals surface area contributed by atoms with E-state index < -0.39 is 5.60 Å². The van der Waals surface area contributed by atoms with E-state index in [-0.39, 0.29) is 5.97 Å². The van der Waals surface area contributed by atoms with E-state index in [2.05, 4.69) is 0 Å². The number of esters is 1. The van der Waals surface area contributed by atoms with Crippen LogP contribution in [-0.2, 0) is 15.1 Å². The zero-order valence-corrected chi connectivity index (χ0v) is 10.7. The van der Waals surface area contributed by atoms with Crippen LogP contribution in [0.4, 0.5) is 0 Å². The molecule has 1 atom stereocenters. The van der Waals surface area contributed by atoms with Gasteiger partial charge in [-0.1, -0.05) is 60.7 Å². The molecule has 94 valence electrons. The number of cyclic esters (lactones) is 1. The van der Waals surface area contributed by atoms with Crippen molar-refractivity contribution < 1.29 is 9.53 Å². The van der Waals surface area contributed by atoms with Crippen LogP contribution >= 0.6 is 0 Å². The standard InChI is InChI=1S/C17H14O2/c1-17(14-10-6-3-7-11-14)15(12-16(18)19-17)13-8-4-2-5-9-13/h2-12H,1H3. The Hall–Kier alpha value is -2.35. The van der Waals surface area contributed by atoms with Gasteiger partial charge in [-0.25, -0.2) is 4.79 Å². The summed E-state index contributed by atoms with van der Waals surface area (Å²) in [6.07, 6.45) is 1.59. The predicted molar refractivity (Wildman–Crippen MR) is 74.3 cm³/mol. The van der Waals surface area contributed by atoms with Crippen molar-refractivity contribution in [2.45, 2.75) is 12.5 Å². The Morgan fingerprint density at radius 3 is 2.11 bits per heavy atom. The maximum Gasteiger partial charge on any atom is 0.332 e. The van der Waals surface area contributed by atoms with Gasteiger partial charge in [-0.2, -0.15) is 0 Å². The molecule has 0 bridgehead atoms. The van der Waals surface area contributed by atoms with Crippen LogP contribution in [-0.4, -0.2) is 5.97 Å². The lowest BCUT2D eigenvalue weighted by Crippen LogP contribution is -2.24. The van der Waals surface area contributed by atoms with Crippen molar-refractivity contribution in [3.05, 3.63) is 77.9 Å². The lowest BCUT2D eigenvalue weighted by molar-refractivity contribution is -0.144. The molecular weight excluding hydrogens is 236 g/mol. The molecule has 0 aromatic heterocycles. The maximum atomic E-state index is 11.7. The molecule has 2 heteroatoms. The lowest BCUT2D eigenvalue weighted by atomic mass is 9.85. The topological polar surface area (TPSA) is 26.3 Å². The minimum atomic E-state index is -0.709. The molecular formula is C17H14O2. The second kappa shape index (κ2) is 4.39. The molecule has 2 nitrogen and oxygen atoms in total. The highest BCUT2D eigenvalue weighted by atomic mass is 16.6. The molecule has 1 aliphatic heterocycles. The third-order valence-corrected chi connectivity index (χ3v) is 3.49. The van der Waals surface area contributed by atoms with Crippen molar-refractivity contribution in [2.24, 2.45) is 0 Å². The van der Waals surface area contributed by atoms with Crippen LogP contribution < -0.4 is 0 Å². The number of benzene rings is 2. The average Bonchev–Trinajstić information content (AvgIpc) is 2.77. The van der Waals surface area contributed by atoms with Gasteiger partial charge in [0.15, 0.2) is 5.60 Å². The van der Waals surface area contributed by atoms with Crippen LogP contribution in [0.1, 0.15) is 18.1 Å². The molecule has 1 heterocycles. The SMILES string of the molecule is CC1(c2ccccc2)OC(=O)C=C1c1ccccc1. The van der Waals surface area contributed by atoms with Crippen LogP contribution in [0.25, 0.3) is 5.57 Å². The molecule has 0 spiro atoms. The van der Waals surface area contributed by atoms with Crippen LogP contribution in [0.15, 0.2) is 66.7 Å². The third kappa shape index (κ3) is 1.95. The molecule has 0 amide bonds. The van der Waals surface area contributed by atoms with E-state index in [0.29, 0.717) is 0 Å². The van der Waals surface area contributed by atoms with Gasteiger partial charge in [0.05, 0.1) is 0 Å². The Kier molecular flexibility index (Phi) is 2.71. The molecule has 1 aliphatic rings. The first-order valence-electron chi connectivity index (χ1n) is 6.26. The Morgan fingerprint density at radius 2 is 1.47 bits per heavy atom. The van der Waals surface area contributed by atoms with Crippen molar-refractivity contribution in [1.82, 2.24) is 0 Å². The third-order valence-electron chi connectivity index (χ3n) is 3.49. The number of hydrogen-bond acceptors (Lipinski definition) is 2. The number of carbonyl (C=O) groups excluding carboxylic acids is 1. The summed E-state index contributed by atoms with van der Waals surface area (Å²) in [6, 6.07) is 19.7. The van der Waals surface area contributed by atoms with Crippen LogP contribution in [0, 0.1) is 0 Å². The summed E-state index contributed by atoms with van der Waals surface area (Å²) in [5.74, 6) is -0.287. The Balaban J connectivity index is 2.12. The van der Waals surface area contributed by atoms with Crippen molar-refractivity contribution in [2.75, 3.05) is 0 Å². The largest absolute Gasteiger partial charge is 0.446 e.